The summed E-state index contributed by atoms with van der Waals surface area (Å²) in [5.41, 5.74) is 0.371. The maximum atomic E-state index is 14.3. The van der Waals surface area contributed by atoms with Crippen LogP contribution in [-0.4, -0.2) is 139 Å². The molecule has 0 bridgehead atoms. The molecule has 0 aromatic heterocycles. The maximum Gasteiger partial charge on any atom is 0.481 e. The summed E-state index contributed by atoms with van der Waals surface area (Å²) in [6.07, 6.45) is -0.978. The Kier molecular flexibility index (Phi) is 22.4. The Balaban J connectivity index is 2.33. The van der Waals surface area contributed by atoms with Gasteiger partial charge in [-0.2, -0.15) is 4.31 Å². The minimum Gasteiger partial charge on any atom is -0.379 e. The van der Waals surface area contributed by atoms with Gasteiger partial charge >= 0.3 is 15.6 Å². The second kappa shape index (κ2) is 25.1. The lowest BCUT2D eigenvalue weighted by Gasteiger charge is -2.41. The van der Waals surface area contributed by atoms with Gasteiger partial charge in [0.25, 0.3) is 0 Å². The standard InChI is InChI=1S/C42H75N5O13P2/c1-15-28(7)37(46(12)42(51)35(26(3)4)44-41(50)36(27(5)6)45(10)11)33(56-13)25-34(48)47-24-20-23-32(47)38(57-14)29(8)40(49)43-30(9)39(31-21-18-17-19-22-31)59-62(54,55)60-61(52,53)58-16-2/h17-19,21-22,26-30,32-33,35-39H,15-16,20,23-25H2,1-14H3,(H,43,49)(H,44,50)(H,52,53)(H,54,55)/t28-,29+,30+,32-,33+,35-,36-,37-,38+,39+/m0/s1. The Hall–Kier alpha value is -2.76. The molecule has 0 aliphatic carbocycles. The van der Waals surface area contributed by atoms with E-state index >= 15 is 0 Å². The molecule has 1 aromatic carbocycles. The number of hydrogen-bond donors (Lipinski definition) is 4. The Labute approximate surface area is 369 Å². The Bertz CT molecular complexity index is 1680. The van der Waals surface area contributed by atoms with Crippen molar-refractivity contribution in [3.05, 3.63) is 35.9 Å². The summed E-state index contributed by atoms with van der Waals surface area (Å²) in [6, 6.07) is 4.96. The van der Waals surface area contributed by atoms with E-state index in [1.165, 1.54) is 21.1 Å². The van der Waals surface area contributed by atoms with Crippen LogP contribution in [0, 0.1) is 23.7 Å². The number of rotatable bonds is 26. The Morgan fingerprint density at radius 1 is 0.871 bits per heavy atom. The first-order valence-electron chi connectivity index (χ1n) is 21.5. The maximum absolute atomic E-state index is 14.3. The third-order valence-corrected chi connectivity index (χ3v) is 14.4. The molecule has 18 nitrogen and oxygen atoms in total. The lowest BCUT2D eigenvalue weighted by molar-refractivity contribution is -0.148. The van der Waals surface area contributed by atoms with E-state index in [-0.39, 0.29) is 48.5 Å². The number of ether oxygens (including phenoxy) is 2. The zero-order valence-electron chi connectivity index (χ0n) is 39.2. The minimum absolute atomic E-state index is 0.00872. The fourth-order valence-electron chi connectivity index (χ4n) is 8.41. The van der Waals surface area contributed by atoms with E-state index in [2.05, 4.69) is 19.5 Å². The summed E-state index contributed by atoms with van der Waals surface area (Å²) < 4.78 is 51.5. The average Bonchev–Trinajstić information content (AvgIpc) is 3.67. The highest BCUT2D eigenvalue weighted by molar-refractivity contribution is 7.61. The quantitative estimate of drug-likeness (QED) is 0.0884. The van der Waals surface area contributed by atoms with E-state index in [1.807, 2.05) is 60.5 Å². The minimum atomic E-state index is -5.22. The lowest BCUT2D eigenvalue weighted by Crippen LogP contribution is -2.59. The van der Waals surface area contributed by atoms with E-state index in [0.717, 1.165) is 0 Å². The molecule has 1 heterocycles. The molecule has 12 atom stereocenters. The molecule has 4 N–H and O–H groups in total. The molecule has 1 aliphatic heterocycles. The van der Waals surface area contributed by atoms with Gasteiger partial charge in [-0.15, -0.1) is 0 Å². The first-order chi connectivity index (χ1) is 28.9. The highest BCUT2D eigenvalue weighted by atomic mass is 31.3. The number of phosphoric acid groups is 2. The van der Waals surface area contributed by atoms with Crippen LogP contribution in [0.15, 0.2) is 30.3 Å². The van der Waals surface area contributed by atoms with Crippen LogP contribution in [0.1, 0.15) is 99.7 Å². The first kappa shape index (κ1) is 55.4. The van der Waals surface area contributed by atoms with Crippen LogP contribution in [0.5, 0.6) is 0 Å². The number of likely N-dealkylation sites (tertiary alicyclic amines) is 1. The summed E-state index contributed by atoms with van der Waals surface area (Å²) in [6.45, 7) is 16.4. The lowest BCUT2D eigenvalue weighted by atomic mass is 9.89. The molecule has 4 amide bonds. The number of carbonyl (C=O) groups excluding carboxylic acids is 4. The number of hydrogen-bond acceptors (Lipinski definition) is 12. The number of phosphoric ester groups is 2. The molecule has 2 rings (SSSR count). The highest BCUT2D eigenvalue weighted by Crippen LogP contribution is 2.62. The van der Waals surface area contributed by atoms with Crippen LogP contribution < -0.4 is 10.6 Å². The molecule has 20 heteroatoms. The van der Waals surface area contributed by atoms with Gasteiger partial charge in [0.15, 0.2) is 0 Å². The topological polar surface area (TPSA) is 223 Å². The number of methoxy groups -OCH3 is 2. The number of benzene rings is 1. The Morgan fingerprint density at radius 3 is 1.98 bits per heavy atom. The molecule has 0 saturated carbocycles. The number of likely N-dealkylation sites (N-methyl/N-ethyl adjacent to an activating group) is 2. The van der Waals surface area contributed by atoms with E-state index in [4.69, 9.17) is 14.0 Å². The molecule has 1 fully saturated rings. The Morgan fingerprint density at radius 2 is 1.48 bits per heavy atom. The molecule has 0 radical (unpaired) electrons. The number of carbonyl (C=O) groups is 4. The van der Waals surface area contributed by atoms with Crippen LogP contribution in [-0.2, 0) is 51.1 Å². The van der Waals surface area contributed by atoms with Crippen molar-refractivity contribution in [3.8, 4) is 0 Å². The SMILES string of the molecule is CCOP(=O)(O)OP(=O)(O)O[C@@H](c1ccccc1)[C@@H](C)NC(=O)[C@H](C)[C@@H](OC)[C@@H]1CCCN1C(=O)C[C@@H](OC)[C@H]([C@@H](C)CC)N(C)C(=O)[C@@H](NC(=O)[C@H](C(C)C)N(C)C)C(C)C. The van der Waals surface area contributed by atoms with E-state index in [0.29, 0.717) is 31.4 Å². The van der Waals surface area contributed by atoms with E-state index in [9.17, 15) is 38.1 Å². The van der Waals surface area contributed by atoms with Gasteiger partial charge < -0.3 is 39.7 Å². The molecule has 0 spiro atoms. The van der Waals surface area contributed by atoms with Crippen molar-refractivity contribution in [2.24, 2.45) is 23.7 Å². The fraction of sp³-hybridized carbons (Fsp3) is 0.762. The van der Waals surface area contributed by atoms with Gasteiger partial charge in [0.05, 0.1) is 55.3 Å². The molecule has 356 valence electrons. The normalized spacial score (nSPS) is 20.9. The summed E-state index contributed by atoms with van der Waals surface area (Å²) in [7, 11) is -1.84. The first-order valence-corrected chi connectivity index (χ1v) is 24.5. The zero-order chi connectivity index (χ0) is 47.3. The van der Waals surface area contributed by atoms with Crippen molar-refractivity contribution in [1.29, 1.82) is 0 Å². The fourth-order valence-corrected chi connectivity index (χ4v) is 10.7. The molecule has 1 aromatic rings. The predicted molar refractivity (Wildman–Crippen MR) is 235 cm³/mol. The molecule has 2 unspecified atom stereocenters. The third-order valence-electron chi connectivity index (χ3n) is 11.6. The summed E-state index contributed by atoms with van der Waals surface area (Å²) >= 11 is 0. The highest BCUT2D eigenvalue weighted by Gasteiger charge is 2.44. The van der Waals surface area contributed by atoms with Gasteiger partial charge in [-0.05, 0) is 64.1 Å². The summed E-state index contributed by atoms with van der Waals surface area (Å²) in [5, 5.41) is 5.84. The van der Waals surface area contributed by atoms with Crippen LogP contribution in [0.2, 0.25) is 0 Å². The largest absolute Gasteiger partial charge is 0.481 e. The number of amides is 4. The van der Waals surface area contributed by atoms with Crippen LogP contribution >= 0.6 is 15.6 Å². The molecule has 1 saturated heterocycles. The summed E-state index contributed by atoms with van der Waals surface area (Å²) in [5.74, 6) is -2.41. The third kappa shape index (κ3) is 15.5. The molecular formula is C42H75N5O13P2. The molecular weight excluding hydrogens is 844 g/mol. The predicted octanol–water partition coefficient (Wildman–Crippen LogP) is 5.15. The van der Waals surface area contributed by atoms with Gasteiger partial charge in [-0.25, -0.2) is 9.13 Å². The van der Waals surface area contributed by atoms with Crippen LogP contribution in [0.25, 0.3) is 0 Å². The van der Waals surface area contributed by atoms with Crippen LogP contribution in [0.3, 0.4) is 0 Å². The van der Waals surface area contributed by atoms with Crippen molar-refractivity contribution in [2.75, 3.05) is 48.5 Å². The van der Waals surface area contributed by atoms with Gasteiger partial charge in [0.1, 0.15) is 12.1 Å². The zero-order valence-corrected chi connectivity index (χ0v) is 41.0. The summed E-state index contributed by atoms with van der Waals surface area (Å²) in [4.78, 5) is 81.5. The van der Waals surface area contributed by atoms with Crippen molar-refractivity contribution in [1.82, 2.24) is 25.3 Å². The number of nitrogens with zero attached hydrogens (tertiary/aromatic N) is 3. The van der Waals surface area contributed by atoms with Crippen LogP contribution in [0.4, 0.5) is 0 Å². The van der Waals surface area contributed by atoms with Gasteiger partial charge in [0.2, 0.25) is 23.6 Å². The monoisotopic (exact) mass is 919 g/mol. The smallest absolute Gasteiger partial charge is 0.379 e. The second-order valence-electron chi connectivity index (χ2n) is 17.1. The van der Waals surface area contributed by atoms with E-state index < -0.39 is 76.0 Å². The van der Waals surface area contributed by atoms with Crippen molar-refractivity contribution < 1.29 is 60.9 Å². The van der Waals surface area contributed by atoms with Gasteiger partial charge in [-0.1, -0.05) is 85.2 Å². The van der Waals surface area contributed by atoms with E-state index in [1.54, 1.807) is 61.0 Å². The average molecular weight is 920 g/mol. The molecule has 1 aliphatic rings. The number of nitrogens with one attached hydrogen (secondary N) is 2. The van der Waals surface area contributed by atoms with Gasteiger partial charge in [-0.3, -0.25) is 33.1 Å². The molecule has 62 heavy (non-hydrogen) atoms. The van der Waals surface area contributed by atoms with Crippen molar-refractivity contribution in [2.45, 2.75) is 137 Å². The second-order valence-corrected chi connectivity index (χ2v) is 20.1. The van der Waals surface area contributed by atoms with Gasteiger partial charge in [0, 0.05) is 27.8 Å². The van der Waals surface area contributed by atoms with Crippen molar-refractivity contribution >= 4 is 39.3 Å². The van der Waals surface area contributed by atoms with Crippen molar-refractivity contribution in [3.63, 3.8) is 0 Å².